The zero-order valence-electron chi connectivity index (χ0n) is 12.6. The number of rotatable bonds is 2. The van der Waals surface area contributed by atoms with Gasteiger partial charge in [-0.2, -0.15) is 0 Å². The van der Waals surface area contributed by atoms with Crippen molar-refractivity contribution in [2.75, 3.05) is 6.54 Å². The molecule has 5 heteroatoms. The molecule has 1 aromatic rings. The molecule has 3 rings (SSSR count). The Bertz CT molecular complexity index is 572. The molecular weight excluding hydrogens is 266 g/mol. The van der Waals surface area contributed by atoms with E-state index in [-0.39, 0.29) is 17.9 Å². The average Bonchev–Trinajstić information content (AvgIpc) is 2.49. The van der Waals surface area contributed by atoms with E-state index in [4.69, 9.17) is 0 Å². The van der Waals surface area contributed by atoms with E-state index in [0.29, 0.717) is 6.54 Å². The lowest BCUT2D eigenvalue weighted by Crippen LogP contribution is -2.64. The highest BCUT2D eigenvalue weighted by atomic mass is 16.2. The quantitative estimate of drug-likeness (QED) is 0.828. The molecule has 0 radical (unpaired) electrons. The molecule has 2 unspecified atom stereocenters. The zero-order chi connectivity index (χ0) is 15.0. The summed E-state index contributed by atoms with van der Waals surface area (Å²) in [7, 11) is 0. The van der Waals surface area contributed by atoms with Crippen molar-refractivity contribution in [1.29, 1.82) is 0 Å². The second-order valence-electron chi connectivity index (χ2n) is 5.96. The minimum Gasteiger partial charge on any atom is -0.329 e. The lowest BCUT2D eigenvalue weighted by Gasteiger charge is -2.45. The minimum absolute atomic E-state index is 0.0742. The Labute approximate surface area is 124 Å². The molecule has 2 atom stereocenters. The summed E-state index contributed by atoms with van der Waals surface area (Å²) in [4.78, 5) is 33.1. The fourth-order valence-electron chi connectivity index (χ4n) is 3.28. The molecule has 112 valence electrons. The van der Waals surface area contributed by atoms with Gasteiger partial charge in [-0.3, -0.25) is 14.6 Å². The topological polar surface area (TPSA) is 53.5 Å². The number of carbonyl (C=O) groups excluding carboxylic acids is 2. The predicted molar refractivity (Wildman–Crippen MR) is 78.3 cm³/mol. The second kappa shape index (κ2) is 5.47. The van der Waals surface area contributed by atoms with Gasteiger partial charge < -0.3 is 9.80 Å². The van der Waals surface area contributed by atoms with Crippen LogP contribution in [0.1, 0.15) is 37.6 Å². The van der Waals surface area contributed by atoms with Crippen molar-refractivity contribution in [3.8, 4) is 0 Å². The molecule has 0 bridgehead atoms. The van der Waals surface area contributed by atoms with E-state index in [1.807, 2.05) is 32.0 Å². The summed E-state index contributed by atoms with van der Waals surface area (Å²) in [6.45, 7) is 4.88. The summed E-state index contributed by atoms with van der Waals surface area (Å²) < 4.78 is 0. The molecule has 0 saturated carbocycles. The number of aromatic nitrogens is 1. The van der Waals surface area contributed by atoms with Crippen molar-refractivity contribution in [2.24, 2.45) is 0 Å². The molecule has 2 saturated heterocycles. The molecule has 1 aromatic heterocycles. The molecule has 0 N–H and O–H groups in total. The van der Waals surface area contributed by atoms with Gasteiger partial charge in [0.25, 0.3) is 0 Å². The van der Waals surface area contributed by atoms with E-state index in [9.17, 15) is 9.59 Å². The first kappa shape index (κ1) is 14.0. The van der Waals surface area contributed by atoms with Gasteiger partial charge in [0.1, 0.15) is 12.1 Å². The highest BCUT2D eigenvalue weighted by Gasteiger charge is 2.44. The van der Waals surface area contributed by atoms with Gasteiger partial charge in [0, 0.05) is 12.2 Å². The zero-order valence-corrected chi connectivity index (χ0v) is 12.6. The van der Waals surface area contributed by atoms with Crippen molar-refractivity contribution in [3.05, 3.63) is 29.6 Å². The molecular formula is C16H21N3O2. The Hall–Kier alpha value is -1.91. The number of piperidine rings is 1. The largest absolute Gasteiger partial charge is 0.329 e. The number of hydrogen-bond acceptors (Lipinski definition) is 3. The van der Waals surface area contributed by atoms with Crippen molar-refractivity contribution < 1.29 is 9.59 Å². The minimum atomic E-state index is -0.394. The Morgan fingerprint density at radius 2 is 2.05 bits per heavy atom. The molecule has 0 spiro atoms. The van der Waals surface area contributed by atoms with Crippen LogP contribution in [0.2, 0.25) is 0 Å². The molecule has 3 heterocycles. The van der Waals surface area contributed by atoms with Crippen molar-refractivity contribution in [3.63, 3.8) is 0 Å². The van der Waals surface area contributed by atoms with Gasteiger partial charge in [-0.15, -0.1) is 0 Å². The molecule has 2 aliphatic rings. The smallest absolute Gasteiger partial charge is 0.246 e. The first-order valence-corrected chi connectivity index (χ1v) is 7.61. The highest BCUT2D eigenvalue weighted by molar-refractivity contribution is 5.96. The number of hydrogen-bond donors (Lipinski definition) is 0. The van der Waals surface area contributed by atoms with Gasteiger partial charge in [-0.1, -0.05) is 6.07 Å². The van der Waals surface area contributed by atoms with E-state index in [2.05, 4.69) is 4.98 Å². The molecule has 21 heavy (non-hydrogen) atoms. The van der Waals surface area contributed by atoms with E-state index in [1.165, 1.54) is 0 Å². The van der Waals surface area contributed by atoms with Crippen molar-refractivity contribution >= 4 is 11.8 Å². The number of nitrogens with zero attached hydrogens (tertiary/aromatic N) is 3. The fourth-order valence-corrected chi connectivity index (χ4v) is 3.28. The van der Waals surface area contributed by atoms with Gasteiger partial charge in [-0.05, 0) is 45.2 Å². The van der Waals surface area contributed by atoms with E-state index in [1.54, 1.807) is 9.80 Å². The highest BCUT2D eigenvalue weighted by Crippen LogP contribution is 2.27. The number of aryl methyl sites for hydroxylation is 1. The number of pyridine rings is 1. The van der Waals surface area contributed by atoms with Crippen LogP contribution in [0.3, 0.4) is 0 Å². The van der Waals surface area contributed by atoms with E-state index < -0.39 is 6.04 Å². The Balaban J connectivity index is 1.84. The van der Waals surface area contributed by atoms with Crippen LogP contribution >= 0.6 is 0 Å². The van der Waals surface area contributed by atoms with Crippen LogP contribution in [-0.4, -0.2) is 45.2 Å². The summed E-state index contributed by atoms with van der Waals surface area (Å²) in [5.41, 5.74) is 1.77. The monoisotopic (exact) mass is 287 g/mol. The summed E-state index contributed by atoms with van der Waals surface area (Å²) in [5, 5.41) is 0. The lowest BCUT2D eigenvalue weighted by atomic mass is 9.95. The molecule has 2 amide bonds. The SMILES string of the molecule is Cc1cccc(CN2C(=O)C3CCCCN3C(=O)C2C)n1. The van der Waals surface area contributed by atoms with Crippen LogP contribution in [0.15, 0.2) is 18.2 Å². The Morgan fingerprint density at radius 3 is 2.81 bits per heavy atom. The average molecular weight is 287 g/mol. The van der Waals surface area contributed by atoms with Gasteiger partial charge in [0.2, 0.25) is 11.8 Å². The fraction of sp³-hybridized carbons (Fsp3) is 0.562. The molecule has 0 aliphatic carbocycles. The Morgan fingerprint density at radius 1 is 1.24 bits per heavy atom. The summed E-state index contributed by atoms with van der Waals surface area (Å²) in [6, 6.07) is 5.12. The number of amides is 2. The first-order valence-electron chi connectivity index (χ1n) is 7.61. The second-order valence-corrected chi connectivity index (χ2v) is 5.96. The third-order valence-corrected chi connectivity index (χ3v) is 4.46. The Kier molecular flexibility index (Phi) is 3.66. The van der Waals surface area contributed by atoms with Gasteiger partial charge in [0.05, 0.1) is 12.2 Å². The normalized spacial score (nSPS) is 26.0. The van der Waals surface area contributed by atoms with Crippen molar-refractivity contribution in [1.82, 2.24) is 14.8 Å². The number of carbonyl (C=O) groups is 2. The van der Waals surface area contributed by atoms with Crippen LogP contribution in [-0.2, 0) is 16.1 Å². The van der Waals surface area contributed by atoms with Gasteiger partial charge >= 0.3 is 0 Å². The summed E-state index contributed by atoms with van der Waals surface area (Å²) in [5.74, 6) is 0.150. The van der Waals surface area contributed by atoms with Gasteiger partial charge in [-0.25, -0.2) is 0 Å². The van der Waals surface area contributed by atoms with E-state index >= 15 is 0 Å². The predicted octanol–water partition coefficient (Wildman–Crippen LogP) is 1.50. The molecule has 2 aliphatic heterocycles. The molecule has 2 fully saturated rings. The van der Waals surface area contributed by atoms with Crippen LogP contribution in [0, 0.1) is 6.92 Å². The van der Waals surface area contributed by atoms with Crippen LogP contribution in [0.4, 0.5) is 0 Å². The molecule has 5 nitrogen and oxygen atoms in total. The maximum atomic E-state index is 12.7. The van der Waals surface area contributed by atoms with Gasteiger partial charge in [0.15, 0.2) is 0 Å². The standard InChI is InChI=1S/C16H21N3O2/c1-11-6-5-7-13(17-11)10-19-12(2)15(20)18-9-4-3-8-14(18)16(19)21/h5-7,12,14H,3-4,8-10H2,1-2H3. The third kappa shape index (κ3) is 2.52. The summed E-state index contributed by atoms with van der Waals surface area (Å²) in [6.07, 6.45) is 2.81. The van der Waals surface area contributed by atoms with Crippen molar-refractivity contribution in [2.45, 2.75) is 51.7 Å². The first-order chi connectivity index (χ1) is 10.1. The van der Waals surface area contributed by atoms with Crippen LogP contribution < -0.4 is 0 Å². The number of fused-ring (bicyclic) bond motifs is 1. The van der Waals surface area contributed by atoms with Crippen LogP contribution in [0.25, 0.3) is 0 Å². The lowest BCUT2D eigenvalue weighted by molar-refractivity contribution is -0.163. The molecule has 0 aromatic carbocycles. The number of piperazine rings is 1. The van der Waals surface area contributed by atoms with E-state index in [0.717, 1.165) is 37.2 Å². The maximum Gasteiger partial charge on any atom is 0.246 e. The maximum absolute atomic E-state index is 12.7. The summed E-state index contributed by atoms with van der Waals surface area (Å²) >= 11 is 0. The van der Waals surface area contributed by atoms with Crippen LogP contribution in [0.5, 0.6) is 0 Å². The third-order valence-electron chi connectivity index (χ3n) is 4.46.